The molecule has 4 nitrogen and oxygen atoms in total. The Morgan fingerprint density at radius 2 is 1.55 bits per heavy atom. The van der Waals surface area contributed by atoms with E-state index in [0.29, 0.717) is 5.58 Å². The third-order valence-electron chi connectivity index (χ3n) is 3.52. The molecule has 0 amide bonds. The minimum atomic E-state index is -3.89. The third-order valence-corrected chi connectivity index (χ3v) is 5.27. The van der Waals surface area contributed by atoms with Gasteiger partial charge >= 0.3 is 0 Å². The molecule has 0 aliphatic carbocycles. The van der Waals surface area contributed by atoms with Crippen LogP contribution in [0.3, 0.4) is 0 Å². The highest BCUT2D eigenvalue weighted by molar-refractivity contribution is 7.91. The van der Waals surface area contributed by atoms with Gasteiger partial charge < -0.3 is 4.42 Å². The first kappa shape index (κ1) is 14.5. The molecule has 0 N–H and O–H groups in total. The fraction of sp³-hybridized carbons (Fsp3) is 0.118. The van der Waals surface area contributed by atoms with E-state index in [-0.39, 0.29) is 15.2 Å². The topological polar surface area (TPSA) is 64.3 Å². The van der Waals surface area contributed by atoms with Crippen LogP contribution in [-0.4, -0.2) is 8.42 Å². The molecular weight excluding hydrogens is 300 g/mol. The first-order chi connectivity index (χ1) is 10.4. The molecule has 0 radical (unpaired) electrons. The summed E-state index contributed by atoms with van der Waals surface area (Å²) >= 11 is 0. The fourth-order valence-corrected chi connectivity index (χ4v) is 3.52. The van der Waals surface area contributed by atoms with E-state index in [1.807, 2.05) is 13.8 Å². The summed E-state index contributed by atoms with van der Waals surface area (Å²) in [5.41, 5.74) is 1.72. The van der Waals surface area contributed by atoms with Gasteiger partial charge in [0.15, 0.2) is 4.90 Å². The van der Waals surface area contributed by atoms with Crippen molar-refractivity contribution in [2.45, 2.75) is 23.6 Å². The van der Waals surface area contributed by atoms with Gasteiger partial charge in [0.1, 0.15) is 11.8 Å². The Morgan fingerprint density at radius 1 is 0.909 bits per heavy atom. The normalized spacial score (nSPS) is 11.7. The minimum Gasteiger partial charge on any atom is -0.463 e. The number of aryl methyl sites for hydroxylation is 2. The van der Waals surface area contributed by atoms with Gasteiger partial charge in [0.2, 0.25) is 15.3 Å². The van der Waals surface area contributed by atoms with Gasteiger partial charge in [-0.1, -0.05) is 23.8 Å². The van der Waals surface area contributed by atoms with Crippen LogP contribution in [0.1, 0.15) is 11.1 Å². The first-order valence-electron chi connectivity index (χ1n) is 6.73. The van der Waals surface area contributed by atoms with Crippen LogP contribution in [0.5, 0.6) is 0 Å². The van der Waals surface area contributed by atoms with Crippen molar-refractivity contribution >= 4 is 20.8 Å². The average Bonchev–Trinajstić information content (AvgIpc) is 2.47. The highest BCUT2D eigenvalue weighted by atomic mass is 32.2. The van der Waals surface area contributed by atoms with Crippen molar-refractivity contribution in [1.29, 1.82) is 0 Å². The van der Waals surface area contributed by atoms with Crippen molar-refractivity contribution in [1.82, 2.24) is 0 Å². The van der Waals surface area contributed by atoms with Crippen molar-refractivity contribution < 1.29 is 12.8 Å². The quantitative estimate of drug-likeness (QED) is 0.728. The summed E-state index contributed by atoms with van der Waals surface area (Å²) in [5, 5.41) is 0.263. The number of hydrogen-bond donors (Lipinski definition) is 0. The van der Waals surface area contributed by atoms with E-state index in [1.54, 1.807) is 30.3 Å². The predicted octanol–water partition coefficient (Wildman–Crippen LogP) is 3.24. The van der Waals surface area contributed by atoms with E-state index in [0.717, 1.165) is 17.4 Å². The Hall–Kier alpha value is -2.40. The van der Waals surface area contributed by atoms with Gasteiger partial charge in [-0.3, -0.25) is 4.79 Å². The Balaban J connectivity index is 2.26. The van der Waals surface area contributed by atoms with Gasteiger partial charge in [0.25, 0.3) is 0 Å². The molecule has 0 saturated heterocycles. The lowest BCUT2D eigenvalue weighted by Gasteiger charge is -2.05. The smallest absolute Gasteiger partial charge is 0.213 e. The zero-order valence-electron chi connectivity index (χ0n) is 12.2. The van der Waals surface area contributed by atoms with Crippen molar-refractivity contribution in [3.63, 3.8) is 0 Å². The standard InChI is InChI=1S/C17H14O4S/c1-11-3-6-13(7-4-11)22(19,20)16-10-21-15-9-12(2)5-8-14(15)17(16)18/h3-10H,1-2H3. The molecular formula is C17H14O4S. The second-order valence-corrected chi connectivity index (χ2v) is 7.16. The molecule has 112 valence electrons. The van der Waals surface area contributed by atoms with E-state index in [9.17, 15) is 13.2 Å². The van der Waals surface area contributed by atoms with E-state index in [4.69, 9.17) is 4.42 Å². The van der Waals surface area contributed by atoms with Crippen molar-refractivity contribution in [3.05, 3.63) is 70.1 Å². The Morgan fingerprint density at radius 3 is 2.23 bits per heavy atom. The van der Waals surface area contributed by atoms with Gasteiger partial charge in [0, 0.05) is 0 Å². The van der Waals surface area contributed by atoms with Crippen LogP contribution in [0.4, 0.5) is 0 Å². The molecule has 0 saturated carbocycles. The summed E-state index contributed by atoms with van der Waals surface area (Å²) in [6.07, 6.45) is 1.03. The van der Waals surface area contributed by atoms with Crippen LogP contribution in [0.25, 0.3) is 11.0 Å². The monoisotopic (exact) mass is 314 g/mol. The summed E-state index contributed by atoms with van der Waals surface area (Å²) in [6, 6.07) is 11.4. The van der Waals surface area contributed by atoms with Crippen LogP contribution in [0.2, 0.25) is 0 Å². The van der Waals surface area contributed by atoms with Gasteiger partial charge in [0.05, 0.1) is 10.3 Å². The van der Waals surface area contributed by atoms with Crippen LogP contribution >= 0.6 is 0 Å². The number of benzene rings is 2. The number of fused-ring (bicyclic) bond motifs is 1. The molecule has 3 aromatic rings. The molecule has 5 heteroatoms. The van der Waals surface area contributed by atoms with Crippen LogP contribution in [0, 0.1) is 13.8 Å². The van der Waals surface area contributed by atoms with Gasteiger partial charge in [-0.2, -0.15) is 0 Å². The van der Waals surface area contributed by atoms with Crippen molar-refractivity contribution in [3.8, 4) is 0 Å². The Kier molecular flexibility index (Phi) is 3.37. The number of sulfone groups is 1. The Labute approximate surface area is 127 Å². The van der Waals surface area contributed by atoms with Crippen molar-refractivity contribution in [2.24, 2.45) is 0 Å². The van der Waals surface area contributed by atoms with E-state index < -0.39 is 15.3 Å². The molecule has 0 spiro atoms. The maximum absolute atomic E-state index is 12.6. The van der Waals surface area contributed by atoms with Crippen LogP contribution < -0.4 is 5.43 Å². The predicted molar refractivity (Wildman–Crippen MR) is 83.9 cm³/mol. The summed E-state index contributed by atoms with van der Waals surface area (Å²) in [7, 11) is -3.89. The van der Waals surface area contributed by atoms with Gasteiger partial charge in [-0.05, 0) is 43.7 Å². The lowest BCUT2D eigenvalue weighted by Crippen LogP contribution is -2.15. The molecule has 1 heterocycles. The number of hydrogen-bond acceptors (Lipinski definition) is 4. The summed E-state index contributed by atoms with van der Waals surface area (Å²) in [6.45, 7) is 3.74. The SMILES string of the molecule is Cc1ccc(S(=O)(=O)c2coc3cc(C)ccc3c2=O)cc1. The molecule has 0 atom stereocenters. The number of rotatable bonds is 2. The molecule has 0 aliphatic rings. The zero-order valence-corrected chi connectivity index (χ0v) is 13.0. The minimum absolute atomic E-state index is 0.0804. The lowest BCUT2D eigenvalue weighted by atomic mass is 10.2. The molecule has 0 fully saturated rings. The fourth-order valence-electron chi connectivity index (χ4n) is 2.25. The molecule has 0 aliphatic heterocycles. The average molecular weight is 314 g/mol. The maximum Gasteiger partial charge on any atom is 0.213 e. The first-order valence-corrected chi connectivity index (χ1v) is 8.22. The molecule has 3 rings (SSSR count). The summed E-state index contributed by atoms with van der Waals surface area (Å²) in [5.74, 6) is 0. The molecule has 0 bridgehead atoms. The van der Waals surface area contributed by atoms with Crippen LogP contribution in [0.15, 0.2) is 67.7 Å². The van der Waals surface area contributed by atoms with E-state index in [2.05, 4.69) is 0 Å². The van der Waals surface area contributed by atoms with Gasteiger partial charge in [-0.25, -0.2) is 8.42 Å². The van der Waals surface area contributed by atoms with E-state index in [1.165, 1.54) is 12.1 Å². The third kappa shape index (κ3) is 2.33. The molecule has 2 aromatic carbocycles. The molecule has 1 aromatic heterocycles. The largest absolute Gasteiger partial charge is 0.463 e. The van der Waals surface area contributed by atoms with Gasteiger partial charge in [-0.15, -0.1) is 0 Å². The van der Waals surface area contributed by atoms with Crippen molar-refractivity contribution in [2.75, 3.05) is 0 Å². The maximum atomic E-state index is 12.6. The molecule has 0 unspecified atom stereocenters. The lowest BCUT2D eigenvalue weighted by molar-refractivity contribution is 0.566. The van der Waals surface area contributed by atoms with E-state index >= 15 is 0 Å². The highest BCUT2D eigenvalue weighted by Gasteiger charge is 2.23. The zero-order chi connectivity index (χ0) is 15.9. The second-order valence-electron chi connectivity index (χ2n) is 5.25. The second kappa shape index (κ2) is 5.10. The summed E-state index contributed by atoms with van der Waals surface area (Å²) < 4.78 is 30.6. The van der Waals surface area contributed by atoms with Crippen LogP contribution in [-0.2, 0) is 9.84 Å². The Bertz CT molecular complexity index is 1010. The molecule has 22 heavy (non-hydrogen) atoms. The summed E-state index contributed by atoms with van der Waals surface area (Å²) in [4.78, 5) is 12.2. The highest BCUT2D eigenvalue weighted by Crippen LogP contribution is 2.21.